The quantitative estimate of drug-likeness (QED) is 0.481. The van der Waals surface area contributed by atoms with Gasteiger partial charge in [-0.3, -0.25) is 15.1 Å². The molecule has 0 aliphatic rings. The van der Waals surface area contributed by atoms with Gasteiger partial charge >= 0.3 is 0 Å². The molecule has 0 unspecified atom stereocenters. The summed E-state index contributed by atoms with van der Waals surface area (Å²) >= 11 is 5.80. The molecule has 0 radical (unpaired) electrons. The topological polar surface area (TPSA) is 55.5 Å². The zero-order chi connectivity index (χ0) is 13.8. The molecule has 0 N–H and O–H groups in total. The van der Waals surface area contributed by atoms with Crippen molar-refractivity contribution in [1.29, 1.82) is 0 Å². The summed E-state index contributed by atoms with van der Waals surface area (Å²) in [5.41, 5.74) is 0.382. The van der Waals surface area contributed by atoms with E-state index in [4.69, 9.17) is 11.6 Å². The minimum atomic E-state index is -0.621. The molecule has 0 saturated carbocycles. The Kier molecular flexibility index (Phi) is 3.87. The lowest BCUT2D eigenvalue weighted by atomic mass is 10.2. The Balaban J connectivity index is 2.32. The molecule has 19 heavy (non-hydrogen) atoms. The second-order valence-corrected chi connectivity index (χ2v) is 4.14. The van der Waals surface area contributed by atoms with E-state index in [9.17, 15) is 14.5 Å². The second-order valence-electron chi connectivity index (χ2n) is 3.71. The van der Waals surface area contributed by atoms with E-state index >= 15 is 0 Å². The third-order valence-corrected chi connectivity index (χ3v) is 2.58. The van der Waals surface area contributed by atoms with Gasteiger partial charge in [0, 0.05) is 23.4 Å². The van der Waals surface area contributed by atoms with E-state index in [2.05, 4.69) is 4.99 Å². The van der Waals surface area contributed by atoms with Gasteiger partial charge in [0.25, 0.3) is 5.69 Å². The molecule has 2 aromatic carbocycles. The molecule has 0 spiro atoms. The summed E-state index contributed by atoms with van der Waals surface area (Å²) in [6.07, 6.45) is 1.40. The lowest BCUT2D eigenvalue weighted by Gasteiger charge is -1.97. The molecule has 0 aliphatic heterocycles. The standard InChI is InChI=1S/C13H8ClFN2O2/c14-10-3-1-2-9(6-10)8-16-13-7-11(17(18)19)4-5-12(13)15/h1-8H. The van der Waals surface area contributed by atoms with E-state index in [-0.39, 0.29) is 11.4 Å². The molecule has 0 aromatic heterocycles. The maximum Gasteiger partial charge on any atom is 0.271 e. The zero-order valence-corrected chi connectivity index (χ0v) is 10.3. The van der Waals surface area contributed by atoms with Crippen molar-refractivity contribution in [3.8, 4) is 0 Å². The van der Waals surface area contributed by atoms with Gasteiger partial charge in [0.15, 0.2) is 0 Å². The van der Waals surface area contributed by atoms with Gasteiger partial charge in [-0.05, 0) is 23.8 Å². The number of nitrogens with zero attached hydrogens (tertiary/aromatic N) is 2. The van der Waals surface area contributed by atoms with Crippen LogP contribution in [0.1, 0.15) is 5.56 Å². The van der Waals surface area contributed by atoms with Crippen LogP contribution >= 0.6 is 11.6 Å². The molecule has 0 saturated heterocycles. The predicted octanol–water partition coefficient (Wildman–Crippen LogP) is 4.14. The van der Waals surface area contributed by atoms with Crippen LogP contribution in [0.15, 0.2) is 47.5 Å². The highest BCUT2D eigenvalue weighted by Crippen LogP contribution is 2.23. The Hall–Kier alpha value is -2.27. The van der Waals surface area contributed by atoms with Crippen molar-refractivity contribution in [3.05, 3.63) is 69.0 Å². The molecule has 0 aliphatic carbocycles. The third kappa shape index (κ3) is 3.35. The first kappa shape index (κ1) is 13.2. The van der Waals surface area contributed by atoms with Crippen LogP contribution in [-0.4, -0.2) is 11.1 Å². The van der Waals surface area contributed by atoms with Gasteiger partial charge in [-0.15, -0.1) is 0 Å². The number of halogens is 2. The van der Waals surface area contributed by atoms with E-state index in [1.54, 1.807) is 24.3 Å². The fourth-order valence-electron chi connectivity index (χ4n) is 1.44. The zero-order valence-electron chi connectivity index (χ0n) is 9.59. The average molecular weight is 279 g/mol. The maximum atomic E-state index is 13.5. The number of non-ortho nitro benzene ring substituents is 1. The Bertz CT molecular complexity index is 659. The van der Waals surface area contributed by atoms with Crippen LogP contribution in [0.2, 0.25) is 5.02 Å². The molecule has 0 amide bonds. The molecule has 2 aromatic rings. The van der Waals surface area contributed by atoms with Crippen LogP contribution < -0.4 is 0 Å². The van der Waals surface area contributed by atoms with E-state index < -0.39 is 10.7 Å². The molecule has 6 heteroatoms. The van der Waals surface area contributed by atoms with Gasteiger partial charge in [-0.25, -0.2) is 4.39 Å². The first-order valence-corrected chi connectivity index (χ1v) is 5.67. The summed E-state index contributed by atoms with van der Waals surface area (Å²) in [6, 6.07) is 10.0. The smallest absolute Gasteiger partial charge is 0.258 e. The number of aliphatic imine (C=N–C) groups is 1. The predicted molar refractivity (Wildman–Crippen MR) is 71.8 cm³/mol. The van der Waals surface area contributed by atoms with Crippen molar-refractivity contribution in [2.45, 2.75) is 0 Å². The summed E-state index contributed by atoms with van der Waals surface area (Å²) in [6.45, 7) is 0. The van der Waals surface area contributed by atoms with Crippen molar-refractivity contribution in [2.75, 3.05) is 0 Å². The fraction of sp³-hybridized carbons (Fsp3) is 0. The molecule has 0 heterocycles. The van der Waals surface area contributed by atoms with Crippen LogP contribution in [0.5, 0.6) is 0 Å². The highest BCUT2D eigenvalue weighted by Gasteiger charge is 2.09. The van der Waals surface area contributed by atoms with Crippen LogP contribution in [-0.2, 0) is 0 Å². The highest BCUT2D eigenvalue weighted by molar-refractivity contribution is 6.30. The van der Waals surface area contributed by atoms with Gasteiger partial charge in [0.05, 0.1) is 4.92 Å². The third-order valence-electron chi connectivity index (χ3n) is 2.34. The van der Waals surface area contributed by atoms with Crippen molar-refractivity contribution < 1.29 is 9.31 Å². The molecule has 0 atom stereocenters. The normalized spacial score (nSPS) is 10.8. The van der Waals surface area contributed by atoms with Gasteiger partial charge in [0.1, 0.15) is 11.5 Å². The number of nitro groups is 1. The largest absolute Gasteiger partial charge is 0.271 e. The number of rotatable bonds is 3. The lowest BCUT2D eigenvalue weighted by molar-refractivity contribution is -0.384. The van der Waals surface area contributed by atoms with Crippen LogP contribution in [0.4, 0.5) is 15.8 Å². The van der Waals surface area contributed by atoms with Crippen LogP contribution in [0.3, 0.4) is 0 Å². The molecule has 0 fully saturated rings. The number of nitro benzene ring substituents is 1. The van der Waals surface area contributed by atoms with E-state index in [1.807, 2.05) is 0 Å². The molecule has 0 bridgehead atoms. The SMILES string of the molecule is O=[N+]([O-])c1ccc(F)c(N=Cc2cccc(Cl)c2)c1. The Labute approximate surface area is 113 Å². The molecule has 4 nitrogen and oxygen atoms in total. The second kappa shape index (κ2) is 5.58. The summed E-state index contributed by atoms with van der Waals surface area (Å²) in [4.78, 5) is 13.9. The van der Waals surface area contributed by atoms with Crippen molar-refractivity contribution in [2.24, 2.45) is 4.99 Å². The molecule has 96 valence electrons. The average Bonchev–Trinajstić information content (AvgIpc) is 2.37. The Morgan fingerprint density at radius 3 is 2.74 bits per heavy atom. The molecule has 2 rings (SSSR count). The molecular weight excluding hydrogens is 271 g/mol. The summed E-state index contributed by atoms with van der Waals surface area (Å²) in [5.74, 6) is -0.621. The Morgan fingerprint density at radius 2 is 2.05 bits per heavy atom. The van der Waals surface area contributed by atoms with Crippen molar-refractivity contribution in [3.63, 3.8) is 0 Å². The summed E-state index contributed by atoms with van der Waals surface area (Å²) in [5, 5.41) is 11.1. The number of benzene rings is 2. The van der Waals surface area contributed by atoms with Crippen LogP contribution in [0, 0.1) is 15.9 Å². The number of hydrogen-bond donors (Lipinski definition) is 0. The Morgan fingerprint density at radius 1 is 1.26 bits per heavy atom. The van der Waals surface area contributed by atoms with Crippen molar-refractivity contribution in [1.82, 2.24) is 0 Å². The lowest BCUT2D eigenvalue weighted by Crippen LogP contribution is -1.88. The summed E-state index contributed by atoms with van der Waals surface area (Å²) < 4.78 is 13.5. The van der Waals surface area contributed by atoms with Crippen LogP contribution in [0.25, 0.3) is 0 Å². The first-order chi connectivity index (χ1) is 9.06. The van der Waals surface area contributed by atoms with E-state index in [1.165, 1.54) is 6.21 Å². The monoisotopic (exact) mass is 278 g/mol. The van der Waals surface area contributed by atoms with E-state index in [0.717, 1.165) is 18.2 Å². The molecular formula is C13H8ClFN2O2. The van der Waals surface area contributed by atoms with Gasteiger partial charge in [0.2, 0.25) is 0 Å². The van der Waals surface area contributed by atoms with E-state index in [0.29, 0.717) is 10.6 Å². The minimum absolute atomic E-state index is 0.0887. The maximum absolute atomic E-state index is 13.5. The fourth-order valence-corrected chi connectivity index (χ4v) is 1.64. The number of hydrogen-bond acceptors (Lipinski definition) is 3. The van der Waals surface area contributed by atoms with Gasteiger partial charge < -0.3 is 0 Å². The first-order valence-electron chi connectivity index (χ1n) is 5.30. The van der Waals surface area contributed by atoms with Gasteiger partial charge in [-0.1, -0.05) is 23.7 Å². The highest BCUT2D eigenvalue weighted by atomic mass is 35.5. The minimum Gasteiger partial charge on any atom is -0.258 e. The summed E-state index contributed by atoms with van der Waals surface area (Å²) in [7, 11) is 0. The van der Waals surface area contributed by atoms with Gasteiger partial charge in [-0.2, -0.15) is 0 Å². The van der Waals surface area contributed by atoms with Crippen molar-refractivity contribution >= 4 is 29.2 Å².